The number of aromatic nitrogens is 2. The van der Waals surface area contributed by atoms with Crippen LogP contribution in [0.5, 0.6) is 0 Å². The predicted molar refractivity (Wildman–Crippen MR) is 78.9 cm³/mol. The second kappa shape index (κ2) is 5.56. The van der Waals surface area contributed by atoms with Crippen LogP contribution in [0.2, 0.25) is 0 Å². The summed E-state index contributed by atoms with van der Waals surface area (Å²) in [5.41, 5.74) is 1.80. The zero-order valence-corrected chi connectivity index (χ0v) is 11.6. The first-order valence-corrected chi connectivity index (χ1v) is 7.29. The Hall–Kier alpha value is -1.98. The number of para-hydroxylation sites is 2. The first kappa shape index (κ1) is 13.0. The summed E-state index contributed by atoms with van der Waals surface area (Å²) in [5, 5.41) is 11.3. The Labute approximate surface area is 120 Å². The molecule has 3 rings (SSSR count). The van der Waals surface area contributed by atoms with E-state index in [4.69, 9.17) is 0 Å². The van der Waals surface area contributed by atoms with Crippen LogP contribution in [0.4, 0.5) is 0 Å². The number of ketones is 1. The molecule has 1 N–H and O–H groups in total. The monoisotopic (exact) mass is 286 g/mol. The Morgan fingerprint density at radius 1 is 1.25 bits per heavy atom. The van der Waals surface area contributed by atoms with Crippen molar-refractivity contribution in [3.05, 3.63) is 52.5 Å². The van der Waals surface area contributed by atoms with Crippen LogP contribution >= 0.6 is 11.3 Å². The Morgan fingerprint density at radius 3 is 2.85 bits per heavy atom. The van der Waals surface area contributed by atoms with Crippen LogP contribution in [0.3, 0.4) is 0 Å². The highest BCUT2D eigenvalue weighted by molar-refractivity contribution is 7.12. The molecule has 0 aliphatic carbocycles. The van der Waals surface area contributed by atoms with Crippen LogP contribution in [0.1, 0.15) is 21.9 Å². The van der Waals surface area contributed by atoms with Gasteiger partial charge in [-0.05, 0) is 23.6 Å². The summed E-state index contributed by atoms with van der Waals surface area (Å²) in [7, 11) is 0. The van der Waals surface area contributed by atoms with Crippen LogP contribution in [-0.4, -0.2) is 20.4 Å². The minimum Gasteiger partial charge on any atom is -0.388 e. The van der Waals surface area contributed by atoms with Crippen LogP contribution < -0.4 is 0 Å². The number of thiophene rings is 1. The molecule has 102 valence electrons. The van der Waals surface area contributed by atoms with Crippen molar-refractivity contribution in [1.29, 1.82) is 0 Å². The van der Waals surface area contributed by atoms with E-state index in [0.29, 0.717) is 18.8 Å². The van der Waals surface area contributed by atoms with Gasteiger partial charge in [0.2, 0.25) is 0 Å². The molecule has 0 aliphatic heterocycles. The lowest BCUT2D eigenvalue weighted by molar-refractivity contribution is 0.0980. The van der Waals surface area contributed by atoms with Gasteiger partial charge in [0, 0.05) is 13.0 Å². The lowest BCUT2D eigenvalue weighted by Gasteiger charge is -2.06. The summed E-state index contributed by atoms with van der Waals surface area (Å²) in [4.78, 5) is 17.2. The molecule has 2 aromatic heterocycles. The van der Waals surface area contributed by atoms with Gasteiger partial charge in [-0.1, -0.05) is 18.2 Å². The van der Waals surface area contributed by atoms with Gasteiger partial charge in [0.05, 0.1) is 15.9 Å². The third-order valence-corrected chi connectivity index (χ3v) is 4.14. The molecular formula is C15H14N2O2S. The van der Waals surface area contributed by atoms with E-state index in [-0.39, 0.29) is 12.4 Å². The summed E-state index contributed by atoms with van der Waals surface area (Å²) in [6.07, 6.45) is 0.411. The topological polar surface area (TPSA) is 55.1 Å². The number of rotatable bonds is 5. The third kappa shape index (κ3) is 2.37. The quantitative estimate of drug-likeness (QED) is 0.734. The molecule has 0 spiro atoms. The van der Waals surface area contributed by atoms with E-state index in [9.17, 15) is 9.90 Å². The lowest BCUT2D eigenvalue weighted by atomic mass is 10.2. The highest BCUT2D eigenvalue weighted by Gasteiger charge is 2.12. The lowest BCUT2D eigenvalue weighted by Crippen LogP contribution is -2.08. The number of hydrogen-bond donors (Lipinski definition) is 1. The second-order valence-electron chi connectivity index (χ2n) is 4.48. The maximum Gasteiger partial charge on any atom is 0.174 e. The maximum atomic E-state index is 12.1. The van der Waals surface area contributed by atoms with E-state index < -0.39 is 0 Å². The largest absolute Gasteiger partial charge is 0.388 e. The predicted octanol–water partition coefficient (Wildman–Crippen LogP) is 2.86. The van der Waals surface area contributed by atoms with Gasteiger partial charge >= 0.3 is 0 Å². The summed E-state index contributed by atoms with van der Waals surface area (Å²) < 4.78 is 1.92. The number of nitrogens with zero attached hydrogens (tertiary/aromatic N) is 2. The van der Waals surface area contributed by atoms with Gasteiger partial charge in [0.25, 0.3) is 0 Å². The number of benzene rings is 1. The highest BCUT2D eigenvalue weighted by atomic mass is 32.1. The molecule has 0 bridgehead atoms. The van der Waals surface area contributed by atoms with Gasteiger partial charge in [-0.15, -0.1) is 11.3 Å². The van der Waals surface area contributed by atoms with E-state index in [1.165, 1.54) is 11.3 Å². The van der Waals surface area contributed by atoms with Crippen molar-refractivity contribution in [3.8, 4) is 0 Å². The molecule has 4 nitrogen and oxygen atoms in total. The number of carbonyl (C=O) groups excluding carboxylic acids is 1. The number of aliphatic hydroxyl groups excluding tert-OH is 1. The standard InChI is InChI=1S/C15H14N2O2S/c18-10-15-16-11-4-1-2-5-12(11)17(15)8-7-13(19)14-6-3-9-20-14/h1-6,9,18H,7-8,10H2. The van der Waals surface area contributed by atoms with Gasteiger partial charge in [0.1, 0.15) is 12.4 Å². The Bertz CT molecular complexity index is 732. The number of Topliss-reactive ketones (excluding diaryl/α,β-unsaturated/α-hetero) is 1. The number of carbonyl (C=O) groups is 1. The van der Waals surface area contributed by atoms with Crippen LogP contribution in [-0.2, 0) is 13.2 Å². The molecule has 5 heteroatoms. The van der Waals surface area contributed by atoms with Gasteiger partial charge in [0.15, 0.2) is 5.78 Å². The Morgan fingerprint density at radius 2 is 2.10 bits per heavy atom. The van der Waals surface area contributed by atoms with Crippen molar-refractivity contribution >= 4 is 28.2 Å². The average Bonchev–Trinajstić information content (AvgIpc) is 3.12. The van der Waals surface area contributed by atoms with Crippen molar-refractivity contribution in [2.24, 2.45) is 0 Å². The number of imidazole rings is 1. The summed E-state index contributed by atoms with van der Waals surface area (Å²) >= 11 is 1.46. The minimum atomic E-state index is -0.123. The number of aryl methyl sites for hydroxylation is 1. The first-order chi connectivity index (χ1) is 9.79. The fourth-order valence-corrected chi connectivity index (χ4v) is 2.96. The molecule has 0 saturated heterocycles. The van der Waals surface area contributed by atoms with Gasteiger partial charge in [-0.2, -0.15) is 0 Å². The minimum absolute atomic E-state index is 0.123. The number of aliphatic hydroxyl groups is 1. The molecule has 0 amide bonds. The highest BCUT2D eigenvalue weighted by Crippen LogP contribution is 2.18. The fraction of sp³-hybridized carbons (Fsp3) is 0.200. The number of fused-ring (bicyclic) bond motifs is 1. The van der Waals surface area contributed by atoms with Crippen molar-refractivity contribution in [3.63, 3.8) is 0 Å². The molecular weight excluding hydrogens is 272 g/mol. The van der Waals surface area contributed by atoms with Crippen LogP contribution in [0.15, 0.2) is 41.8 Å². The van der Waals surface area contributed by atoms with Gasteiger partial charge < -0.3 is 9.67 Å². The zero-order chi connectivity index (χ0) is 13.9. The smallest absolute Gasteiger partial charge is 0.174 e. The maximum absolute atomic E-state index is 12.1. The van der Waals surface area contributed by atoms with Crippen LogP contribution in [0.25, 0.3) is 11.0 Å². The summed E-state index contributed by atoms with van der Waals surface area (Å²) in [6, 6.07) is 11.4. The Kier molecular flexibility index (Phi) is 3.62. The van der Waals surface area contributed by atoms with Crippen molar-refractivity contribution in [2.75, 3.05) is 0 Å². The van der Waals surface area contributed by atoms with Crippen LogP contribution in [0, 0.1) is 0 Å². The molecule has 0 aliphatic rings. The SMILES string of the molecule is O=C(CCn1c(CO)nc2ccccc21)c1cccs1. The normalized spacial score (nSPS) is 11.1. The van der Waals surface area contributed by atoms with E-state index in [1.807, 2.05) is 46.3 Å². The van der Waals surface area contributed by atoms with E-state index in [2.05, 4.69) is 4.98 Å². The molecule has 0 atom stereocenters. The van der Waals surface area contributed by atoms with Crippen molar-refractivity contribution < 1.29 is 9.90 Å². The third-order valence-electron chi connectivity index (χ3n) is 3.23. The average molecular weight is 286 g/mol. The van der Waals surface area contributed by atoms with E-state index in [0.717, 1.165) is 15.9 Å². The molecule has 0 radical (unpaired) electrons. The molecule has 1 aromatic carbocycles. The molecule has 2 heterocycles. The summed E-state index contributed by atoms with van der Waals surface area (Å²) in [5.74, 6) is 0.729. The van der Waals surface area contributed by atoms with E-state index >= 15 is 0 Å². The molecule has 0 fully saturated rings. The zero-order valence-electron chi connectivity index (χ0n) is 10.8. The van der Waals surface area contributed by atoms with E-state index in [1.54, 1.807) is 0 Å². The molecule has 0 unspecified atom stereocenters. The summed E-state index contributed by atoms with van der Waals surface area (Å²) in [6.45, 7) is 0.412. The van der Waals surface area contributed by atoms with Gasteiger partial charge in [-0.3, -0.25) is 4.79 Å². The fourth-order valence-electron chi connectivity index (χ4n) is 2.27. The number of hydrogen-bond acceptors (Lipinski definition) is 4. The Balaban J connectivity index is 1.85. The van der Waals surface area contributed by atoms with Gasteiger partial charge in [-0.25, -0.2) is 4.98 Å². The molecule has 20 heavy (non-hydrogen) atoms. The first-order valence-electron chi connectivity index (χ1n) is 6.41. The molecule has 3 aromatic rings. The molecule has 0 saturated carbocycles. The second-order valence-corrected chi connectivity index (χ2v) is 5.42. The van der Waals surface area contributed by atoms with Crippen molar-refractivity contribution in [1.82, 2.24) is 9.55 Å². The van der Waals surface area contributed by atoms with Crippen molar-refractivity contribution in [2.45, 2.75) is 19.6 Å².